The van der Waals surface area contributed by atoms with Crippen LogP contribution in [0.4, 0.5) is 5.95 Å². The van der Waals surface area contributed by atoms with E-state index in [1.54, 1.807) is 33.0 Å². The monoisotopic (exact) mass is 529 g/mol. The van der Waals surface area contributed by atoms with E-state index in [1.165, 1.54) is 14.2 Å². The number of aromatic nitrogens is 3. The summed E-state index contributed by atoms with van der Waals surface area (Å²) >= 11 is 0. The van der Waals surface area contributed by atoms with Gasteiger partial charge in [0.05, 0.1) is 19.6 Å². The number of allylic oxidation sites excluding steroid dienone is 1. The summed E-state index contributed by atoms with van der Waals surface area (Å²) in [6.07, 6.45) is 7.59. The molecule has 38 heavy (non-hydrogen) atoms. The lowest BCUT2D eigenvalue weighted by Gasteiger charge is -2.16. The van der Waals surface area contributed by atoms with Crippen molar-refractivity contribution in [2.75, 3.05) is 19.5 Å². The minimum atomic E-state index is -0.907. The normalized spacial score (nSPS) is 12.2. The highest BCUT2D eigenvalue weighted by atomic mass is 16.5. The molecule has 0 unspecified atom stereocenters. The standard InChI is InChI=1S/C26H35N5O7/c1-26(2,3)24(36)31-25-29-21-17(22(34)30-25)14-16(15-27-21)10-8-6-7-9-11-19(32)28-18(23(35)38-5)12-13-20(33)37-4/h8,10,14-15,18H,6-7,9,11-13H2,1-5H3,(H,28,32)(H2,27,29,30,31,34,36)/t18-/m1/s1. The molecule has 206 valence electrons. The molecule has 2 aromatic heterocycles. The lowest BCUT2D eigenvalue weighted by molar-refractivity contribution is -0.146. The average molecular weight is 530 g/mol. The average Bonchev–Trinajstić information content (AvgIpc) is 2.87. The van der Waals surface area contributed by atoms with Gasteiger partial charge in [-0.2, -0.15) is 4.98 Å². The summed E-state index contributed by atoms with van der Waals surface area (Å²) in [4.78, 5) is 71.0. The van der Waals surface area contributed by atoms with Crippen molar-refractivity contribution < 1.29 is 28.7 Å². The van der Waals surface area contributed by atoms with E-state index in [1.807, 2.05) is 12.2 Å². The molecule has 0 aromatic carbocycles. The Morgan fingerprint density at radius 2 is 1.84 bits per heavy atom. The lowest BCUT2D eigenvalue weighted by atomic mass is 9.96. The minimum absolute atomic E-state index is 0.0121. The molecule has 0 aliphatic heterocycles. The van der Waals surface area contributed by atoms with Crippen LogP contribution in [0.3, 0.4) is 0 Å². The molecule has 0 bridgehead atoms. The predicted octanol–water partition coefficient (Wildman–Crippen LogP) is 2.49. The number of H-pyrrole nitrogens is 1. The molecule has 0 saturated carbocycles. The molecule has 0 radical (unpaired) electrons. The summed E-state index contributed by atoms with van der Waals surface area (Å²) in [6, 6.07) is 0.754. The van der Waals surface area contributed by atoms with Crippen LogP contribution < -0.4 is 16.2 Å². The van der Waals surface area contributed by atoms with Gasteiger partial charge in [0.2, 0.25) is 17.8 Å². The highest BCUT2D eigenvalue weighted by Crippen LogP contribution is 2.16. The number of nitrogens with one attached hydrogen (secondary N) is 3. The number of carbonyl (C=O) groups is 4. The number of rotatable bonds is 12. The first kappa shape index (κ1) is 30.1. The Hall–Kier alpha value is -4.09. The van der Waals surface area contributed by atoms with Gasteiger partial charge < -0.3 is 14.8 Å². The van der Waals surface area contributed by atoms with Crippen LogP contribution in [-0.2, 0) is 28.7 Å². The van der Waals surface area contributed by atoms with Crippen LogP contribution in [0.15, 0.2) is 23.1 Å². The van der Waals surface area contributed by atoms with Crippen molar-refractivity contribution in [2.24, 2.45) is 5.41 Å². The summed E-state index contributed by atoms with van der Waals surface area (Å²) in [5, 5.41) is 5.49. The van der Waals surface area contributed by atoms with E-state index in [4.69, 9.17) is 0 Å². The van der Waals surface area contributed by atoms with Crippen LogP contribution in [0.1, 0.15) is 64.9 Å². The van der Waals surface area contributed by atoms with Gasteiger partial charge in [0.1, 0.15) is 6.04 Å². The molecule has 0 saturated heterocycles. The number of amides is 2. The van der Waals surface area contributed by atoms with Crippen molar-refractivity contribution in [1.29, 1.82) is 0 Å². The third-order valence-electron chi connectivity index (χ3n) is 5.52. The molecule has 12 nitrogen and oxygen atoms in total. The van der Waals surface area contributed by atoms with Gasteiger partial charge in [0.25, 0.3) is 5.56 Å². The van der Waals surface area contributed by atoms with E-state index < -0.39 is 29.0 Å². The molecule has 0 spiro atoms. The molecule has 12 heteroatoms. The number of esters is 2. The zero-order valence-electron chi connectivity index (χ0n) is 22.4. The molecule has 2 aromatic rings. The Balaban J connectivity index is 1.86. The summed E-state index contributed by atoms with van der Waals surface area (Å²) < 4.78 is 9.24. The van der Waals surface area contributed by atoms with Crippen molar-refractivity contribution in [2.45, 2.75) is 65.3 Å². The van der Waals surface area contributed by atoms with Gasteiger partial charge >= 0.3 is 11.9 Å². The largest absolute Gasteiger partial charge is 0.469 e. The van der Waals surface area contributed by atoms with Crippen molar-refractivity contribution in [3.63, 3.8) is 0 Å². The topological polar surface area (TPSA) is 169 Å². The maximum absolute atomic E-state index is 12.5. The summed E-state index contributed by atoms with van der Waals surface area (Å²) in [5.41, 5.74) is -0.125. The highest BCUT2D eigenvalue weighted by Gasteiger charge is 2.23. The van der Waals surface area contributed by atoms with Crippen LogP contribution in [0.5, 0.6) is 0 Å². The number of pyridine rings is 1. The third-order valence-corrected chi connectivity index (χ3v) is 5.52. The number of nitrogens with zero attached hydrogens (tertiary/aromatic N) is 2. The molecular formula is C26H35N5O7. The fourth-order valence-corrected chi connectivity index (χ4v) is 3.27. The Labute approximate surface area is 220 Å². The summed E-state index contributed by atoms with van der Waals surface area (Å²) in [7, 11) is 2.47. The fraction of sp³-hybridized carbons (Fsp3) is 0.500. The minimum Gasteiger partial charge on any atom is -0.469 e. The van der Waals surface area contributed by atoms with Gasteiger partial charge in [0, 0.05) is 24.5 Å². The summed E-state index contributed by atoms with van der Waals surface area (Å²) in [6.45, 7) is 5.26. The molecular weight excluding hydrogens is 494 g/mol. The van der Waals surface area contributed by atoms with Gasteiger partial charge in [-0.15, -0.1) is 0 Å². The molecule has 2 amide bonds. The van der Waals surface area contributed by atoms with E-state index in [9.17, 15) is 24.0 Å². The predicted molar refractivity (Wildman–Crippen MR) is 141 cm³/mol. The summed E-state index contributed by atoms with van der Waals surface area (Å²) in [5.74, 6) is -1.63. The number of carbonyl (C=O) groups excluding carboxylic acids is 4. The second-order valence-electron chi connectivity index (χ2n) is 9.66. The van der Waals surface area contributed by atoms with Crippen molar-refractivity contribution >= 4 is 46.8 Å². The fourth-order valence-electron chi connectivity index (χ4n) is 3.27. The Bertz CT molecular complexity index is 1250. The van der Waals surface area contributed by atoms with Crippen LogP contribution in [0.2, 0.25) is 0 Å². The van der Waals surface area contributed by atoms with Crippen LogP contribution >= 0.6 is 0 Å². The van der Waals surface area contributed by atoms with E-state index in [2.05, 4.69) is 35.1 Å². The van der Waals surface area contributed by atoms with Crippen LogP contribution in [-0.4, -0.2) is 59.0 Å². The molecule has 0 fully saturated rings. The first-order valence-corrected chi connectivity index (χ1v) is 12.3. The number of aromatic amines is 1. The van der Waals surface area contributed by atoms with Crippen LogP contribution in [0, 0.1) is 5.41 Å². The lowest BCUT2D eigenvalue weighted by Crippen LogP contribution is -2.41. The number of methoxy groups -OCH3 is 2. The zero-order chi connectivity index (χ0) is 28.3. The highest BCUT2D eigenvalue weighted by molar-refractivity contribution is 5.93. The molecule has 2 rings (SSSR count). The smallest absolute Gasteiger partial charge is 0.328 e. The second kappa shape index (κ2) is 14.0. The number of fused-ring (bicyclic) bond motifs is 1. The molecule has 0 aliphatic rings. The maximum atomic E-state index is 12.5. The van der Waals surface area contributed by atoms with E-state index >= 15 is 0 Å². The second-order valence-corrected chi connectivity index (χ2v) is 9.66. The third kappa shape index (κ3) is 9.41. The number of hydrogen-bond donors (Lipinski definition) is 3. The van der Waals surface area contributed by atoms with Crippen molar-refractivity contribution in [3.8, 4) is 0 Å². The molecule has 1 atom stereocenters. The number of ether oxygens (including phenoxy) is 2. The van der Waals surface area contributed by atoms with Crippen LogP contribution in [0.25, 0.3) is 17.1 Å². The Morgan fingerprint density at radius 1 is 1.11 bits per heavy atom. The number of anilines is 1. The van der Waals surface area contributed by atoms with E-state index in [0.29, 0.717) is 23.8 Å². The van der Waals surface area contributed by atoms with Gasteiger partial charge in [-0.3, -0.25) is 29.5 Å². The quantitative estimate of drug-likeness (QED) is 0.276. The van der Waals surface area contributed by atoms with Crippen molar-refractivity contribution in [1.82, 2.24) is 20.3 Å². The Morgan fingerprint density at radius 3 is 2.50 bits per heavy atom. The molecule has 2 heterocycles. The van der Waals surface area contributed by atoms with E-state index in [-0.39, 0.29) is 42.7 Å². The number of unbranched alkanes of at least 4 members (excludes halogenated alkanes) is 2. The molecule has 0 aliphatic carbocycles. The molecule has 3 N–H and O–H groups in total. The maximum Gasteiger partial charge on any atom is 0.328 e. The van der Waals surface area contributed by atoms with Crippen molar-refractivity contribution in [3.05, 3.63) is 34.3 Å². The van der Waals surface area contributed by atoms with E-state index in [0.717, 1.165) is 6.42 Å². The SMILES string of the molecule is COC(=O)CC[C@@H](NC(=O)CCCCC=Cc1cnc2nc(NC(=O)C(C)(C)C)[nH]c(=O)c2c1)C(=O)OC. The van der Waals surface area contributed by atoms with Gasteiger partial charge in [-0.1, -0.05) is 32.9 Å². The van der Waals surface area contributed by atoms with Gasteiger partial charge in [-0.25, -0.2) is 9.78 Å². The Kier molecular flexibility index (Phi) is 11.1. The first-order chi connectivity index (χ1) is 17.9. The number of hydrogen-bond acceptors (Lipinski definition) is 9. The van der Waals surface area contributed by atoms with Gasteiger partial charge in [-0.05, 0) is 37.3 Å². The van der Waals surface area contributed by atoms with Gasteiger partial charge in [0.15, 0.2) is 5.65 Å². The first-order valence-electron chi connectivity index (χ1n) is 12.3. The zero-order valence-corrected chi connectivity index (χ0v) is 22.4.